The highest BCUT2D eigenvalue weighted by Crippen LogP contribution is 2.28. The molecule has 1 unspecified atom stereocenters. The normalized spacial score (nSPS) is 13.7. The van der Waals surface area contributed by atoms with Gasteiger partial charge in [0.15, 0.2) is 11.6 Å². The molecule has 0 bridgehead atoms. The van der Waals surface area contributed by atoms with Crippen LogP contribution in [0.1, 0.15) is 12.5 Å². The highest BCUT2D eigenvalue weighted by Gasteiger charge is 2.40. The summed E-state index contributed by atoms with van der Waals surface area (Å²) in [7, 11) is 1.30. The summed E-state index contributed by atoms with van der Waals surface area (Å²) in [5, 5.41) is 9.03. The number of carbonyl (C=O) groups excluding carboxylic acids is 1. The van der Waals surface area contributed by atoms with E-state index in [4.69, 9.17) is 15.6 Å². The van der Waals surface area contributed by atoms with Crippen molar-refractivity contribution in [1.82, 2.24) is 0 Å². The zero-order chi connectivity index (χ0) is 13.9. The molecule has 0 aliphatic heterocycles. The fourth-order valence-electron chi connectivity index (χ4n) is 1.50. The van der Waals surface area contributed by atoms with Crippen molar-refractivity contribution in [2.45, 2.75) is 13.3 Å². The molecule has 18 heavy (non-hydrogen) atoms. The van der Waals surface area contributed by atoms with Gasteiger partial charge >= 0.3 is 5.97 Å². The fraction of sp³-hybridized carbons (Fsp3) is 0.333. The molecule has 1 aromatic rings. The van der Waals surface area contributed by atoms with E-state index in [2.05, 4.69) is 0 Å². The van der Waals surface area contributed by atoms with Crippen LogP contribution in [0, 0.1) is 11.2 Å². The molecule has 1 rings (SSSR count). The second kappa shape index (κ2) is 5.03. The third-order valence-corrected chi connectivity index (χ3v) is 2.82. The number of primary amides is 1. The van der Waals surface area contributed by atoms with Crippen LogP contribution in [0.4, 0.5) is 4.39 Å². The molecule has 98 valence electrons. The second-order valence-electron chi connectivity index (χ2n) is 4.11. The molecule has 0 radical (unpaired) electrons. The number of ether oxygens (including phenoxy) is 1. The first-order valence-corrected chi connectivity index (χ1v) is 5.17. The van der Waals surface area contributed by atoms with Gasteiger partial charge in [0, 0.05) is 6.42 Å². The maximum Gasteiger partial charge on any atom is 0.319 e. The van der Waals surface area contributed by atoms with Gasteiger partial charge in [0.1, 0.15) is 5.41 Å². The topological polar surface area (TPSA) is 89.6 Å². The highest BCUT2D eigenvalue weighted by atomic mass is 19.1. The zero-order valence-corrected chi connectivity index (χ0v) is 10.1. The van der Waals surface area contributed by atoms with E-state index in [1.54, 1.807) is 0 Å². The molecule has 0 saturated carbocycles. The lowest BCUT2D eigenvalue weighted by molar-refractivity contribution is -0.153. The number of aliphatic carboxylic acids is 1. The Kier molecular flexibility index (Phi) is 3.90. The van der Waals surface area contributed by atoms with Gasteiger partial charge in [0.2, 0.25) is 5.91 Å². The van der Waals surface area contributed by atoms with Crippen molar-refractivity contribution < 1.29 is 23.8 Å². The average molecular weight is 255 g/mol. The number of rotatable bonds is 5. The molecule has 0 aliphatic carbocycles. The predicted octanol–water partition coefficient (Wildman–Crippen LogP) is 0.953. The van der Waals surface area contributed by atoms with Crippen LogP contribution in [0.2, 0.25) is 0 Å². The van der Waals surface area contributed by atoms with Crippen molar-refractivity contribution in [3.8, 4) is 5.75 Å². The van der Waals surface area contributed by atoms with Crippen molar-refractivity contribution in [3.05, 3.63) is 29.6 Å². The fourth-order valence-corrected chi connectivity index (χ4v) is 1.50. The summed E-state index contributed by atoms with van der Waals surface area (Å²) in [6.07, 6.45) is -0.333. The summed E-state index contributed by atoms with van der Waals surface area (Å²) in [6, 6.07) is 4.31. The number of amides is 1. The average Bonchev–Trinajstić information content (AvgIpc) is 2.31. The lowest BCUT2D eigenvalue weighted by Crippen LogP contribution is -2.43. The minimum atomic E-state index is -1.85. The van der Waals surface area contributed by atoms with E-state index in [0.717, 1.165) is 6.92 Å². The van der Waals surface area contributed by atoms with Gasteiger partial charge in [-0.05, 0) is 18.6 Å². The molecule has 1 atom stereocenters. The lowest BCUT2D eigenvalue weighted by Gasteiger charge is -2.21. The van der Waals surface area contributed by atoms with Crippen LogP contribution in [0.3, 0.4) is 0 Å². The van der Waals surface area contributed by atoms with Crippen LogP contribution >= 0.6 is 0 Å². The molecule has 6 heteroatoms. The van der Waals surface area contributed by atoms with Crippen molar-refractivity contribution in [2.75, 3.05) is 7.11 Å². The van der Waals surface area contributed by atoms with Gasteiger partial charge in [0.25, 0.3) is 0 Å². The van der Waals surface area contributed by atoms with E-state index in [1.807, 2.05) is 0 Å². The van der Waals surface area contributed by atoms with Gasteiger partial charge in [-0.15, -0.1) is 0 Å². The van der Waals surface area contributed by atoms with Gasteiger partial charge in [-0.25, -0.2) is 4.39 Å². The Bertz CT molecular complexity index is 473. The Morgan fingerprint density at radius 1 is 1.50 bits per heavy atom. The van der Waals surface area contributed by atoms with E-state index in [9.17, 15) is 14.0 Å². The van der Waals surface area contributed by atoms with Gasteiger partial charge in [-0.1, -0.05) is 12.1 Å². The first-order chi connectivity index (χ1) is 8.32. The molecule has 0 saturated heterocycles. The predicted molar refractivity (Wildman–Crippen MR) is 61.6 cm³/mol. The molecule has 0 aromatic heterocycles. The molecular formula is C12H14FNO4. The maximum absolute atomic E-state index is 13.9. The quantitative estimate of drug-likeness (QED) is 0.766. The largest absolute Gasteiger partial charge is 0.494 e. The Hall–Kier alpha value is -2.11. The summed E-state index contributed by atoms with van der Waals surface area (Å²) in [4.78, 5) is 22.3. The smallest absolute Gasteiger partial charge is 0.319 e. The number of hydrogen-bond acceptors (Lipinski definition) is 3. The van der Waals surface area contributed by atoms with Gasteiger partial charge in [-0.3, -0.25) is 9.59 Å². The number of hydrogen-bond donors (Lipinski definition) is 2. The minimum Gasteiger partial charge on any atom is -0.494 e. The zero-order valence-electron chi connectivity index (χ0n) is 10.1. The van der Waals surface area contributed by atoms with Crippen molar-refractivity contribution in [2.24, 2.45) is 11.1 Å². The van der Waals surface area contributed by atoms with Gasteiger partial charge in [-0.2, -0.15) is 0 Å². The monoisotopic (exact) mass is 255 g/mol. The van der Waals surface area contributed by atoms with Crippen LogP contribution < -0.4 is 10.5 Å². The summed E-state index contributed by atoms with van der Waals surface area (Å²) in [5.41, 5.74) is 3.28. The molecule has 0 heterocycles. The van der Waals surface area contributed by atoms with Gasteiger partial charge < -0.3 is 15.6 Å². The van der Waals surface area contributed by atoms with E-state index in [1.165, 1.54) is 25.3 Å². The number of methoxy groups -OCH3 is 1. The van der Waals surface area contributed by atoms with Crippen molar-refractivity contribution in [1.29, 1.82) is 0 Å². The number of carboxylic acids is 1. The Labute approximate surface area is 103 Å². The molecule has 0 spiro atoms. The van der Waals surface area contributed by atoms with Crippen LogP contribution in [-0.4, -0.2) is 24.1 Å². The van der Waals surface area contributed by atoms with Crippen LogP contribution in [0.5, 0.6) is 5.75 Å². The molecule has 1 amide bonds. The number of carboxylic acid groups (broad SMARTS) is 1. The number of benzene rings is 1. The Morgan fingerprint density at radius 3 is 2.56 bits per heavy atom. The summed E-state index contributed by atoms with van der Waals surface area (Å²) in [5.74, 6) is -3.10. The first kappa shape index (κ1) is 14.0. The standard InChI is InChI=1S/C12H14FNO4/c1-12(10(14)15,11(16)17)6-7-4-3-5-8(18-2)9(7)13/h3-5H,6H2,1-2H3,(H2,14,15)(H,16,17). The number of halogens is 1. The Balaban J connectivity index is 3.17. The first-order valence-electron chi connectivity index (χ1n) is 5.17. The molecule has 5 nitrogen and oxygen atoms in total. The van der Waals surface area contributed by atoms with Crippen molar-refractivity contribution >= 4 is 11.9 Å². The van der Waals surface area contributed by atoms with E-state index >= 15 is 0 Å². The van der Waals surface area contributed by atoms with E-state index < -0.39 is 23.1 Å². The number of nitrogens with two attached hydrogens (primary N) is 1. The van der Waals surface area contributed by atoms with Crippen LogP contribution in [0.25, 0.3) is 0 Å². The second-order valence-corrected chi connectivity index (χ2v) is 4.11. The van der Waals surface area contributed by atoms with Crippen molar-refractivity contribution in [3.63, 3.8) is 0 Å². The minimum absolute atomic E-state index is 0.00953. The molecule has 1 aromatic carbocycles. The SMILES string of the molecule is COc1cccc(CC(C)(C(N)=O)C(=O)O)c1F. The summed E-state index contributed by atoms with van der Waals surface area (Å²) < 4.78 is 18.6. The van der Waals surface area contributed by atoms with Crippen LogP contribution in [0.15, 0.2) is 18.2 Å². The summed E-state index contributed by atoms with van der Waals surface area (Å²) in [6.45, 7) is 1.16. The maximum atomic E-state index is 13.9. The van der Waals surface area contributed by atoms with E-state index in [0.29, 0.717) is 0 Å². The Morgan fingerprint density at radius 2 is 2.11 bits per heavy atom. The molecule has 0 aliphatic rings. The third-order valence-electron chi connectivity index (χ3n) is 2.82. The van der Waals surface area contributed by atoms with Gasteiger partial charge in [0.05, 0.1) is 7.11 Å². The highest BCUT2D eigenvalue weighted by molar-refractivity contribution is 6.00. The molecule has 3 N–H and O–H groups in total. The summed E-state index contributed by atoms with van der Waals surface area (Å²) >= 11 is 0. The third kappa shape index (κ3) is 2.42. The lowest BCUT2D eigenvalue weighted by atomic mass is 9.83. The molecular weight excluding hydrogens is 241 g/mol. The van der Waals surface area contributed by atoms with Crippen LogP contribution in [-0.2, 0) is 16.0 Å². The number of carbonyl (C=O) groups is 2. The molecule has 0 fully saturated rings. The van der Waals surface area contributed by atoms with E-state index in [-0.39, 0.29) is 17.7 Å².